The molecule has 0 fully saturated rings. The van der Waals surface area contributed by atoms with Crippen molar-refractivity contribution in [2.24, 2.45) is 0 Å². The predicted octanol–water partition coefficient (Wildman–Crippen LogP) is 5.97. The number of para-hydroxylation sites is 1. The molecule has 0 amide bonds. The molecule has 0 atom stereocenters. The number of halogens is 2. The van der Waals surface area contributed by atoms with Gasteiger partial charge in [-0.2, -0.15) is 0 Å². The van der Waals surface area contributed by atoms with Gasteiger partial charge >= 0.3 is 0 Å². The normalized spacial score (nSPS) is 13.4. The number of aromatic hydroxyl groups is 2. The van der Waals surface area contributed by atoms with Crippen LogP contribution < -0.4 is 0 Å². The minimum atomic E-state index is -0.163. The van der Waals surface area contributed by atoms with Crippen LogP contribution in [0.4, 0.5) is 0 Å². The zero-order valence-corrected chi connectivity index (χ0v) is 15.8. The van der Waals surface area contributed by atoms with Crippen molar-refractivity contribution in [1.29, 1.82) is 0 Å². The van der Waals surface area contributed by atoms with Gasteiger partial charge in [-0.1, -0.05) is 47.5 Å². The molecular formula is C21H16Cl2N2O2. The first-order valence-corrected chi connectivity index (χ1v) is 9.51. The number of hydrogen-bond donors (Lipinski definition) is 3. The van der Waals surface area contributed by atoms with E-state index >= 15 is 0 Å². The fourth-order valence-corrected chi connectivity index (χ4v) is 4.76. The van der Waals surface area contributed by atoms with E-state index in [1.807, 2.05) is 18.3 Å². The molecule has 136 valence electrons. The van der Waals surface area contributed by atoms with Crippen LogP contribution in [0.2, 0.25) is 10.0 Å². The van der Waals surface area contributed by atoms with Gasteiger partial charge in [0.2, 0.25) is 0 Å². The lowest BCUT2D eigenvalue weighted by atomic mass is 9.96. The summed E-state index contributed by atoms with van der Waals surface area (Å²) in [6.07, 6.45) is 4.14. The summed E-state index contributed by atoms with van der Waals surface area (Å²) >= 11 is 12.8. The summed E-state index contributed by atoms with van der Waals surface area (Å²) < 4.78 is 2.21. The van der Waals surface area contributed by atoms with E-state index in [-0.39, 0.29) is 11.8 Å². The maximum Gasteiger partial charge on any atom is 0.200 e. The Balaban J connectivity index is 1.87. The molecule has 27 heavy (non-hydrogen) atoms. The number of hydrogen-bond acceptors (Lipinski definition) is 2. The molecule has 5 rings (SSSR count). The Labute approximate surface area is 165 Å². The van der Waals surface area contributed by atoms with Gasteiger partial charge in [0.25, 0.3) is 0 Å². The van der Waals surface area contributed by atoms with E-state index in [0.717, 1.165) is 30.3 Å². The van der Waals surface area contributed by atoms with Crippen molar-refractivity contribution in [2.75, 3.05) is 0 Å². The smallest absolute Gasteiger partial charge is 0.200 e. The molecule has 0 saturated heterocycles. The lowest BCUT2D eigenvalue weighted by Crippen LogP contribution is -2.05. The Morgan fingerprint density at radius 1 is 0.889 bits per heavy atom. The van der Waals surface area contributed by atoms with Crippen LogP contribution in [0.15, 0.2) is 42.6 Å². The van der Waals surface area contributed by atoms with Gasteiger partial charge in [0, 0.05) is 29.3 Å². The molecule has 0 bridgehead atoms. The third kappa shape index (κ3) is 2.37. The van der Waals surface area contributed by atoms with Crippen LogP contribution in [0, 0.1) is 0 Å². The van der Waals surface area contributed by atoms with Crippen LogP contribution in [0.5, 0.6) is 11.8 Å². The highest BCUT2D eigenvalue weighted by Gasteiger charge is 2.27. The van der Waals surface area contributed by atoms with E-state index < -0.39 is 0 Å². The maximum absolute atomic E-state index is 10.6. The second kappa shape index (κ2) is 5.98. The number of nitrogens with one attached hydrogen (secondary N) is 1. The Hall–Kier alpha value is -2.56. The number of benzene rings is 2. The predicted molar refractivity (Wildman–Crippen MR) is 109 cm³/mol. The Kier molecular flexibility index (Phi) is 3.67. The van der Waals surface area contributed by atoms with Gasteiger partial charge in [-0.05, 0) is 30.5 Å². The fraction of sp³-hybridized carbons (Fsp3) is 0.143. The summed E-state index contributed by atoms with van der Waals surface area (Å²) in [5, 5.41) is 23.0. The largest absolute Gasteiger partial charge is 0.494 e. The fourth-order valence-electron chi connectivity index (χ4n) is 4.17. The first-order chi connectivity index (χ1) is 13.1. The van der Waals surface area contributed by atoms with Crippen molar-refractivity contribution in [3.05, 3.63) is 58.2 Å². The molecule has 6 heteroatoms. The highest BCUT2D eigenvalue weighted by molar-refractivity contribution is 6.39. The van der Waals surface area contributed by atoms with Crippen molar-refractivity contribution < 1.29 is 10.2 Å². The maximum atomic E-state index is 10.6. The zero-order valence-electron chi connectivity index (χ0n) is 14.3. The van der Waals surface area contributed by atoms with Crippen molar-refractivity contribution >= 4 is 34.1 Å². The van der Waals surface area contributed by atoms with E-state index in [4.69, 9.17) is 23.2 Å². The van der Waals surface area contributed by atoms with Crippen molar-refractivity contribution in [2.45, 2.75) is 19.4 Å². The Morgan fingerprint density at radius 2 is 1.59 bits per heavy atom. The number of nitrogens with zero attached hydrogens (tertiary/aromatic N) is 1. The van der Waals surface area contributed by atoms with Crippen LogP contribution >= 0.6 is 23.2 Å². The summed E-state index contributed by atoms with van der Waals surface area (Å²) in [4.78, 5) is 2.63. The molecule has 0 radical (unpaired) electrons. The molecule has 2 aromatic carbocycles. The van der Waals surface area contributed by atoms with Crippen LogP contribution in [0.3, 0.4) is 0 Å². The molecule has 2 aromatic heterocycles. The molecule has 4 nitrogen and oxygen atoms in total. The van der Waals surface area contributed by atoms with Crippen LogP contribution in [-0.2, 0) is 13.0 Å². The van der Waals surface area contributed by atoms with E-state index in [0.29, 0.717) is 26.7 Å². The van der Waals surface area contributed by atoms with Gasteiger partial charge in [0.15, 0.2) is 11.8 Å². The summed E-state index contributed by atoms with van der Waals surface area (Å²) in [5.41, 5.74) is 4.72. The average Bonchev–Trinajstić information content (AvgIpc) is 3.14. The van der Waals surface area contributed by atoms with Gasteiger partial charge in [0.05, 0.1) is 26.7 Å². The summed E-state index contributed by atoms with van der Waals surface area (Å²) in [5.74, 6) is -0.272. The van der Waals surface area contributed by atoms with E-state index in [1.165, 1.54) is 11.1 Å². The first kappa shape index (κ1) is 16.6. The van der Waals surface area contributed by atoms with Crippen molar-refractivity contribution in [1.82, 2.24) is 9.55 Å². The van der Waals surface area contributed by atoms with Gasteiger partial charge in [-0.15, -0.1) is 0 Å². The average molecular weight is 399 g/mol. The quantitative estimate of drug-likeness (QED) is 0.389. The minimum Gasteiger partial charge on any atom is -0.494 e. The Bertz CT molecular complexity index is 1190. The molecule has 0 spiro atoms. The SMILES string of the molecule is Oc1[nH]c(O)c(-c2cn3c4c(cccc24)CCC3)c1-c1c(Cl)cccc1Cl. The molecular weight excluding hydrogens is 383 g/mol. The van der Waals surface area contributed by atoms with Crippen molar-refractivity contribution in [3.63, 3.8) is 0 Å². The van der Waals surface area contributed by atoms with Gasteiger partial charge in [0.1, 0.15) is 0 Å². The number of rotatable bonds is 2. The van der Waals surface area contributed by atoms with Crippen LogP contribution in [0.1, 0.15) is 12.0 Å². The monoisotopic (exact) mass is 398 g/mol. The molecule has 1 aliphatic heterocycles. The highest BCUT2D eigenvalue weighted by atomic mass is 35.5. The number of aromatic amines is 1. The van der Waals surface area contributed by atoms with E-state index in [2.05, 4.69) is 15.6 Å². The summed E-state index contributed by atoms with van der Waals surface area (Å²) in [6.45, 7) is 0.923. The van der Waals surface area contributed by atoms with E-state index in [1.54, 1.807) is 18.2 Å². The van der Waals surface area contributed by atoms with E-state index in [9.17, 15) is 10.2 Å². The topological polar surface area (TPSA) is 61.2 Å². The Morgan fingerprint density at radius 3 is 2.37 bits per heavy atom. The second-order valence-electron chi connectivity index (χ2n) is 6.82. The van der Waals surface area contributed by atoms with Gasteiger partial charge in [-0.25, -0.2) is 0 Å². The zero-order chi connectivity index (χ0) is 18.7. The molecule has 1 aliphatic rings. The number of aromatic nitrogens is 2. The minimum absolute atomic E-state index is 0.109. The molecule has 0 unspecified atom stereocenters. The molecule has 0 aliphatic carbocycles. The third-order valence-electron chi connectivity index (χ3n) is 5.27. The van der Waals surface area contributed by atoms with Crippen molar-refractivity contribution in [3.8, 4) is 34.0 Å². The van der Waals surface area contributed by atoms with Crippen LogP contribution in [-0.4, -0.2) is 19.8 Å². The molecule has 3 heterocycles. The lowest BCUT2D eigenvalue weighted by Gasteiger charge is -2.14. The summed E-state index contributed by atoms with van der Waals surface area (Å²) in [6, 6.07) is 11.4. The summed E-state index contributed by atoms with van der Waals surface area (Å²) in [7, 11) is 0. The molecule has 4 aromatic rings. The standard InChI is InChI=1S/C21H16Cl2N2O2/c22-14-7-2-8-15(23)17(14)18-16(20(26)24-21(18)27)13-10-25-9-3-5-11-4-1-6-12(13)19(11)25/h1-2,4,6-8,10,24,26-27H,3,5,9H2. The number of H-pyrrole nitrogens is 1. The van der Waals surface area contributed by atoms with Crippen LogP contribution in [0.25, 0.3) is 33.2 Å². The highest BCUT2D eigenvalue weighted by Crippen LogP contribution is 2.51. The lowest BCUT2D eigenvalue weighted by molar-refractivity contribution is 0.426. The second-order valence-corrected chi connectivity index (χ2v) is 7.64. The third-order valence-corrected chi connectivity index (χ3v) is 5.90. The number of aryl methyl sites for hydroxylation is 2. The first-order valence-electron chi connectivity index (χ1n) is 8.75. The molecule has 3 N–H and O–H groups in total. The van der Waals surface area contributed by atoms with Gasteiger partial charge in [-0.3, -0.25) is 4.98 Å². The van der Waals surface area contributed by atoms with Gasteiger partial charge < -0.3 is 14.8 Å². The molecule has 0 saturated carbocycles.